The smallest absolute Gasteiger partial charge is 0.268 e. The molecule has 2 aromatic heterocycles. The molecule has 2 N–H and O–H groups in total. The maximum Gasteiger partial charge on any atom is 0.268 e. The van der Waals surface area contributed by atoms with Crippen LogP contribution in [0.3, 0.4) is 0 Å². The summed E-state index contributed by atoms with van der Waals surface area (Å²) in [7, 11) is 0. The van der Waals surface area contributed by atoms with E-state index in [2.05, 4.69) is 9.97 Å². The van der Waals surface area contributed by atoms with Crippen LogP contribution >= 0.6 is 12.2 Å². The second-order valence-electron chi connectivity index (χ2n) is 4.26. The molecule has 0 aliphatic rings. The van der Waals surface area contributed by atoms with Crippen molar-refractivity contribution < 1.29 is 4.74 Å². The minimum atomic E-state index is -0.144. The zero-order valence-electron chi connectivity index (χ0n) is 10.8. The fourth-order valence-corrected chi connectivity index (χ4v) is 2.41. The Hall–Kier alpha value is -2.34. The van der Waals surface area contributed by atoms with Crippen molar-refractivity contribution in [3.05, 3.63) is 51.7 Å². The summed E-state index contributed by atoms with van der Waals surface area (Å²) in [5, 5.41) is 0.576. The summed E-state index contributed by atoms with van der Waals surface area (Å²) < 4.78 is 7.22. The van der Waals surface area contributed by atoms with Gasteiger partial charge < -0.3 is 14.7 Å². The molecule has 0 aliphatic carbocycles. The molecular weight excluding hydrogens is 274 g/mol. The Morgan fingerprint density at radius 2 is 2.00 bits per heavy atom. The van der Waals surface area contributed by atoms with Crippen LogP contribution in [-0.2, 0) is 0 Å². The van der Waals surface area contributed by atoms with E-state index in [1.807, 2.05) is 31.2 Å². The molecule has 0 saturated carbocycles. The number of aromatic nitrogens is 3. The quantitative estimate of drug-likeness (QED) is 0.728. The van der Waals surface area contributed by atoms with Crippen LogP contribution in [0.5, 0.6) is 5.75 Å². The molecule has 3 rings (SSSR count). The van der Waals surface area contributed by atoms with Gasteiger partial charge in [0.05, 0.1) is 17.7 Å². The van der Waals surface area contributed by atoms with Crippen molar-refractivity contribution in [3.8, 4) is 11.4 Å². The van der Waals surface area contributed by atoms with Crippen LogP contribution in [0, 0.1) is 4.77 Å². The zero-order valence-corrected chi connectivity index (χ0v) is 11.7. The normalized spacial score (nSPS) is 10.8. The summed E-state index contributed by atoms with van der Waals surface area (Å²) in [5.74, 6) is 0.766. The van der Waals surface area contributed by atoms with Crippen LogP contribution < -0.4 is 10.3 Å². The highest BCUT2D eigenvalue weighted by Gasteiger charge is 2.08. The molecule has 0 aliphatic heterocycles. The molecule has 1 aromatic carbocycles. The van der Waals surface area contributed by atoms with Gasteiger partial charge in [0.1, 0.15) is 11.4 Å². The van der Waals surface area contributed by atoms with Crippen LogP contribution in [0.4, 0.5) is 0 Å². The lowest BCUT2D eigenvalue weighted by Crippen LogP contribution is -2.19. The maximum atomic E-state index is 12.4. The number of fused-ring (bicyclic) bond motifs is 1. The molecule has 0 radical (unpaired) electrons. The number of nitrogens with one attached hydrogen (secondary N) is 2. The van der Waals surface area contributed by atoms with Crippen molar-refractivity contribution >= 4 is 23.3 Å². The summed E-state index contributed by atoms with van der Waals surface area (Å²) in [6.45, 7) is 2.53. The third-order valence-electron chi connectivity index (χ3n) is 3.02. The van der Waals surface area contributed by atoms with E-state index < -0.39 is 0 Å². The van der Waals surface area contributed by atoms with Crippen molar-refractivity contribution in [1.29, 1.82) is 0 Å². The maximum absolute atomic E-state index is 12.4. The van der Waals surface area contributed by atoms with E-state index in [4.69, 9.17) is 17.0 Å². The van der Waals surface area contributed by atoms with Gasteiger partial charge in [-0.05, 0) is 49.5 Å². The lowest BCUT2D eigenvalue weighted by molar-refractivity contribution is 0.340. The number of H-pyrrole nitrogens is 2. The number of benzene rings is 1. The Morgan fingerprint density at radius 3 is 2.70 bits per heavy atom. The van der Waals surface area contributed by atoms with E-state index in [0.717, 1.165) is 5.75 Å². The summed E-state index contributed by atoms with van der Waals surface area (Å²) >= 11 is 5.26. The molecule has 2 heterocycles. The molecule has 6 heteroatoms. The van der Waals surface area contributed by atoms with Crippen molar-refractivity contribution in [1.82, 2.24) is 14.5 Å². The molecule has 3 aromatic rings. The molecule has 5 nitrogen and oxygen atoms in total. The first-order chi connectivity index (χ1) is 9.70. The SMILES string of the molecule is CCOc1ccc(-n2c(=S)[nH]c3[nH]ccc3c2=O)cc1. The van der Waals surface area contributed by atoms with E-state index in [1.165, 1.54) is 4.57 Å². The Morgan fingerprint density at radius 1 is 1.25 bits per heavy atom. The number of nitrogens with zero attached hydrogens (tertiary/aromatic N) is 1. The van der Waals surface area contributed by atoms with E-state index in [9.17, 15) is 4.79 Å². The Balaban J connectivity index is 2.18. The predicted molar refractivity (Wildman–Crippen MR) is 80.2 cm³/mol. The van der Waals surface area contributed by atoms with Crippen molar-refractivity contribution in [3.63, 3.8) is 0 Å². The number of ether oxygens (including phenoxy) is 1. The highest BCUT2D eigenvalue weighted by molar-refractivity contribution is 7.71. The van der Waals surface area contributed by atoms with E-state index in [1.54, 1.807) is 12.3 Å². The molecule has 0 spiro atoms. The molecule has 0 bridgehead atoms. The molecule has 102 valence electrons. The third kappa shape index (κ3) is 2.04. The van der Waals surface area contributed by atoms with Gasteiger partial charge in [0.2, 0.25) is 0 Å². The van der Waals surface area contributed by atoms with Gasteiger partial charge in [-0.25, -0.2) is 0 Å². The molecule has 0 amide bonds. The first-order valence-electron chi connectivity index (χ1n) is 6.26. The fraction of sp³-hybridized carbons (Fsp3) is 0.143. The van der Waals surface area contributed by atoms with E-state index >= 15 is 0 Å². The number of hydrogen-bond acceptors (Lipinski definition) is 3. The largest absolute Gasteiger partial charge is 0.494 e. The fourth-order valence-electron chi connectivity index (χ4n) is 2.12. The number of hydrogen-bond donors (Lipinski definition) is 2. The highest BCUT2D eigenvalue weighted by atomic mass is 32.1. The molecule has 20 heavy (non-hydrogen) atoms. The summed E-state index contributed by atoms with van der Waals surface area (Å²) in [6.07, 6.45) is 1.71. The van der Waals surface area contributed by atoms with Gasteiger partial charge in [0.25, 0.3) is 5.56 Å². The van der Waals surface area contributed by atoms with Crippen LogP contribution in [0.2, 0.25) is 0 Å². The minimum Gasteiger partial charge on any atom is -0.494 e. The summed E-state index contributed by atoms with van der Waals surface area (Å²) in [4.78, 5) is 18.4. The van der Waals surface area contributed by atoms with Gasteiger partial charge in [-0.15, -0.1) is 0 Å². The first-order valence-corrected chi connectivity index (χ1v) is 6.67. The lowest BCUT2D eigenvalue weighted by Gasteiger charge is -2.08. The van der Waals surface area contributed by atoms with Gasteiger partial charge in [-0.3, -0.25) is 9.36 Å². The van der Waals surface area contributed by atoms with E-state index in [-0.39, 0.29) is 5.56 Å². The first kappa shape index (κ1) is 12.7. The predicted octanol–water partition coefficient (Wildman–Crippen LogP) is 2.78. The number of aromatic amines is 2. The molecule has 0 atom stereocenters. The van der Waals surface area contributed by atoms with Crippen LogP contribution in [0.25, 0.3) is 16.7 Å². The average molecular weight is 287 g/mol. The average Bonchev–Trinajstić information content (AvgIpc) is 2.89. The van der Waals surface area contributed by atoms with Gasteiger partial charge in [-0.2, -0.15) is 0 Å². The molecule has 0 fully saturated rings. The van der Waals surface area contributed by atoms with Crippen molar-refractivity contribution in [2.24, 2.45) is 0 Å². The second kappa shape index (κ2) is 4.97. The van der Waals surface area contributed by atoms with E-state index in [0.29, 0.717) is 28.1 Å². The van der Waals surface area contributed by atoms with Crippen LogP contribution in [-0.4, -0.2) is 21.1 Å². The van der Waals surface area contributed by atoms with Gasteiger partial charge >= 0.3 is 0 Å². The Kier molecular flexibility index (Phi) is 3.15. The molecule has 0 saturated heterocycles. The number of rotatable bonds is 3. The highest BCUT2D eigenvalue weighted by Crippen LogP contribution is 2.15. The van der Waals surface area contributed by atoms with Gasteiger partial charge in [0.15, 0.2) is 4.77 Å². The topological polar surface area (TPSA) is 62.8 Å². The van der Waals surface area contributed by atoms with Crippen molar-refractivity contribution in [2.75, 3.05) is 6.61 Å². The van der Waals surface area contributed by atoms with Gasteiger partial charge in [0, 0.05) is 6.20 Å². The Bertz CT molecular complexity index is 858. The zero-order chi connectivity index (χ0) is 14.1. The second-order valence-corrected chi connectivity index (χ2v) is 4.65. The summed E-state index contributed by atoms with van der Waals surface area (Å²) in [6, 6.07) is 9.00. The third-order valence-corrected chi connectivity index (χ3v) is 3.31. The van der Waals surface area contributed by atoms with Crippen LogP contribution in [0.15, 0.2) is 41.3 Å². The standard InChI is InChI=1S/C14H13N3O2S/c1-2-19-10-5-3-9(4-6-10)17-13(18)11-7-8-15-12(11)16-14(17)20/h3-8,15H,2H2,1H3,(H,16,20). The summed E-state index contributed by atoms with van der Waals surface area (Å²) in [5.41, 5.74) is 1.21. The monoisotopic (exact) mass is 287 g/mol. The van der Waals surface area contributed by atoms with Crippen LogP contribution in [0.1, 0.15) is 6.92 Å². The van der Waals surface area contributed by atoms with Gasteiger partial charge in [-0.1, -0.05) is 0 Å². The minimum absolute atomic E-state index is 0.144. The lowest BCUT2D eigenvalue weighted by atomic mass is 10.3. The molecule has 0 unspecified atom stereocenters. The van der Waals surface area contributed by atoms with Crippen molar-refractivity contribution in [2.45, 2.75) is 6.92 Å². The molecular formula is C14H13N3O2S. The Labute approximate surface area is 119 Å².